The molecule has 1 N–H and O–H groups in total. The first kappa shape index (κ1) is 15.0. The maximum Gasteiger partial charge on any atom is 0.323 e. The van der Waals surface area contributed by atoms with Crippen LogP contribution in [-0.4, -0.2) is 47.2 Å². The lowest BCUT2D eigenvalue weighted by atomic mass is 9.98. The number of nitrogens with zero attached hydrogens (tertiary/aromatic N) is 1. The van der Waals surface area contributed by atoms with Crippen LogP contribution in [0.3, 0.4) is 0 Å². The Morgan fingerprint density at radius 1 is 1.39 bits per heavy atom. The molecular formula is C13H23NO4. The molecule has 5 nitrogen and oxygen atoms in total. The maximum absolute atomic E-state index is 11.9. The van der Waals surface area contributed by atoms with Gasteiger partial charge in [-0.2, -0.15) is 0 Å². The number of ether oxygens (including phenoxy) is 1. The van der Waals surface area contributed by atoms with Gasteiger partial charge in [0.15, 0.2) is 0 Å². The zero-order valence-electron chi connectivity index (χ0n) is 11.2. The second kappa shape index (κ2) is 7.36. The van der Waals surface area contributed by atoms with Crippen LogP contribution in [0.15, 0.2) is 0 Å². The second-order valence-electron chi connectivity index (χ2n) is 4.64. The molecule has 18 heavy (non-hydrogen) atoms. The molecule has 0 saturated carbocycles. The molecule has 2 unspecified atom stereocenters. The van der Waals surface area contributed by atoms with Crippen molar-refractivity contribution in [3.63, 3.8) is 0 Å². The number of carboxylic acids is 1. The van der Waals surface area contributed by atoms with E-state index in [0.29, 0.717) is 26.0 Å². The maximum atomic E-state index is 11.9. The smallest absolute Gasteiger partial charge is 0.323 e. The van der Waals surface area contributed by atoms with Crippen molar-refractivity contribution in [2.45, 2.75) is 58.0 Å². The summed E-state index contributed by atoms with van der Waals surface area (Å²) in [5, 5.41) is 9.29. The Bertz CT molecular complexity index is 293. The van der Waals surface area contributed by atoms with E-state index in [9.17, 15) is 14.7 Å². The van der Waals surface area contributed by atoms with Gasteiger partial charge in [0.1, 0.15) is 12.1 Å². The third kappa shape index (κ3) is 3.70. The highest BCUT2D eigenvalue weighted by molar-refractivity contribution is 5.78. The minimum absolute atomic E-state index is 0.278. The van der Waals surface area contributed by atoms with Crippen LogP contribution in [0.1, 0.15) is 46.0 Å². The average Bonchev–Trinajstić information content (AvgIpc) is 2.36. The van der Waals surface area contributed by atoms with Gasteiger partial charge in [-0.3, -0.25) is 14.5 Å². The molecule has 0 amide bonds. The molecule has 0 aliphatic carbocycles. The van der Waals surface area contributed by atoms with Gasteiger partial charge in [-0.1, -0.05) is 19.8 Å². The van der Waals surface area contributed by atoms with Gasteiger partial charge in [0.2, 0.25) is 0 Å². The van der Waals surface area contributed by atoms with Gasteiger partial charge in [0.25, 0.3) is 0 Å². The Hall–Kier alpha value is -1.10. The predicted molar refractivity (Wildman–Crippen MR) is 67.3 cm³/mol. The number of hydrogen-bond acceptors (Lipinski definition) is 4. The molecule has 2 atom stereocenters. The van der Waals surface area contributed by atoms with Crippen molar-refractivity contribution in [1.82, 2.24) is 4.90 Å². The van der Waals surface area contributed by atoms with Crippen molar-refractivity contribution in [3.05, 3.63) is 0 Å². The first-order valence-electron chi connectivity index (χ1n) is 6.77. The summed E-state index contributed by atoms with van der Waals surface area (Å²) in [4.78, 5) is 25.0. The summed E-state index contributed by atoms with van der Waals surface area (Å²) in [6.07, 6.45) is 3.97. The quantitative estimate of drug-likeness (QED) is 0.733. The largest absolute Gasteiger partial charge is 0.480 e. The van der Waals surface area contributed by atoms with Gasteiger partial charge >= 0.3 is 11.9 Å². The number of rotatable bonds is 6. The molecule has 0 bridgehead atoms. The number of carboxylic acid groups (broad SMARTS) is 1. The van der Waals surface area contributed by atoms with E-state index in [-0.39, 0.29) is 12.0 Å². The Morgan fingerprint density at radius 2 is 2.11 bits per heavy atom. The molecule has 1 rings (SSSR count). The molecule has 0 aromatic carbocycles. The van der Waals surface area contributed by atoms with E-state index in [1.54, 1.807) is 6.92 Å². The highest BCUT2D eigenvalue weighted by Gasteiger charge is 2.37. The molecule has 0 aromatic rings. The zero-order valence-corrected chi connectivity index (χ0v) is 11.2. The Labute approximate surface area is 108 Å². The van der Waals surface area contributed by atoms with Crippen LogP contribution < -0.4 is 0 Å². The van der Waals surface area contributed by atoms with E-state index in [4.69, 9.17) is 4.74 Å². The summed E-state index contributed by atoms with van der Waals surface area (Å²) in [6, 6.07) is -0.948. The van der Waals surface area contributed by atoms with E-state index in [0.717, 1.165) is 19.3 Å². The summed E-state index contributed by atoms with van der Waals surface area (Å²) in [6.45, 7) is 4.74. The lowest BCUT2D eigenvalue weighted by molar-refractivity contribution is -0.156. The van der Waals surface area contributed by atoms with Gasteiger partial charge in [0, 0.05) is 0 Å². The third-order valence-electron chi connectivity index (χ3n) is 3.35. The average molecular weight is 257 g/mol. The fourth-order valence-corrected chi connectivity index (χ4v) is 2.52. The Morgan fingerprint density at radius 3 is 2.67 bits per heavy atom. The molecule has 1 heterocycles. The van der Waals surface area contributed by atoms with Crippen molar-refractivity contribution in [1.29, 1.82) is 0 Å². The second-order valence-corrected chi connectivity index (χ2v) is 4.64. The lowest BCUT2D eigenvalue weighted by Gasteiger charge is -2.37. The van der Waals surface area contributed by atoms with E-state index >= 15 is 0 Å². The highest BCUT2D eigenvalue weighted by Crippen LogP contribution is 2.23. The van der Waals surface area contributed by atoms with Crippen LogP contribution in [0.5, 0.6) is 0 Å². The van der Waals surface area contributed by atoms with Crippen molar-refractivity contribution in [3.8, 4) is 0 Å². The molecule has 1 saturated heterocycles. The number of piperidine rings is 1. The van der Waals surface area contributed by atoms with Crippen molar-refractivity contribution in [2.24, 2.45) is 0 Å². The van der Waals surface area contributed by atoms with Crippen molar-refractivity contribution in [2.75, 3.05) is 13.2 Å². The van der Waals surface area contributed by atoms with Gasteiger partial charge in [-0.15, -0.1) is 0 Å². The Balaban J connectivity index is 2.79. The fourth-order valence-electron chi connectivity index (χ4n) is 2.52. The molecule has 0 aromatic heterocycles. The number of esters is 1. The van der Waals surface area contributed by atoms with Gasteiger partial charge in [-0.05, 0) is 32.7 Å². The monoisotopic (exact) mass is 257 g/mol. The fraction of sp³-hybridized carbons (Fsp3) is 0.846. The van der Waals surface area contributed by atoms with E-state index in [2.05, 4.69) is 0 Å². The van der Waals surface area contributed by atoms with E-state index < -0.39 is 12.0 Å². The van der Waals surface area contributed by atoms with Crippen LogP contribution in [0.2, 0.25) is 0 Å². The molecular weight excluding hydrogens is 234 g/mol. The molecule has 5 heteroatoms. The van der Waals surface area contributed by atoms with Crippen LogP contribution >= 0.6 is 0 Å². The molecule has 1 aliphatic rings. The topological polar surface area (TPSA) is 66.8 Å². The van der Waals surface area contributed by atoms with E-state index in [1.165, 1.54) is 0 Å². The normalized spacial score (nSPS) is 22.4. The van der Waals surface area contributed by atoms with Crippen LogP contribution in [0.4, 0.5) is 0 Å². The van der Waals surface area contributed by atoms with Gasteiger partial charge < -0.3 is 9.84 Å². The lowest BCUT2D eigenvalue weighted by Crippen LogP contribution is -2.53. The van der Waals surface area contributed by atoms with Crippen molar-refractivity contribution < 1.29 is 19.4 Å². The summed E-state index contributed by atoms with van der Waals surface area (Å²) >= 11 is 0. The standard InChI is InChI=1S/C13H23NO4/c1-3-7-10(12(15)16)14-9-6-5-8-11(14)13(17)18-4-2/h10-11H,3-9H2,1-2H3,(H,15,16). The number of hydrogen-bond donors (Lipinski definition) is 1. The summed E-state index contributed by atoms with van der Waals surface area (Å²) < 4.78 is 5.05. The van der Waals surface area contributed by atoms with Crippen LogP contribution in [0.25, 0.3) is 0 Å². The molecule has 1 fully saturated rings. The van der Waals surface area contributed by atoms with Gasteiger partial charge in [0.05, 0.1) is 6.61 Å². The number of carbonyl (C=O) groups excluding carboxylic acids is 1. The molecule has 104 valence electrons. The van der Waals surface area contributed by atoms with Crippen LogP contribution in [0, 0.1) is 0 Å². The number of aliphatic carboxylic acids is 1. The molecule has 0 radical (unpaired) electrons. The minimum Gasteiger partial charge on any atom is -0.480 e. The first-order chi connectivity index (χ1) is 8.61. The number of carbonyl (C=O) groups is 2. The minimum atomic E-state index is -0.840. The van der Waals surface area contributed by atoms with Crippen LogP contribution in [-0.2, 0) is 14.3 Å². The molecule has 0 spiro atoms. The SMILES string of the molecule is CCCC(C(=O)O)N1CCCCC1C(=O)OCC. The predicted octanol–water partition coefficient (Wildman–Crippen LogP) is 1.66. The van der Waals surface area contributed by atoms with Crippen molar-refractivity contribution >= 4 is 11.9 Å². The Kier molecular flexibility index (Phi) is 6.12. The summed E-state index contributed by atoms with van der Waals surface area (Å²) in [5.41, 5.74) is 0. The highest BCUT2D eigenvalue weighted by atomic mass is 16.5. The molecule has 1 aliphatic heterocycles. The van der Waals surface area contributed by atoms with Gasteiger partial charge in [-0.25, -0.2) is 0 Å². The number of likely N-dealkylation sites (tertiary alicyclic amines) is 1. The van der Waals surface area contributed by atoms with E-state index in [1.807, 2.05) is 11.8 Å². The summed E-state index contributed by atoms with van der Waals surface area (Å²) in [5.74, 6) is -1.12. The third-order valence-corrected chi connectivity index (χ3v) is 3.35. The zero-order chi connectivity index (χ0) is 13.5. The first-order valence-corrected chi connectivity index (χ1v) is 6.77. The summed E-state index contributed by atoms with van der Waals surface area (Å²) in [7, 11) is 0.